The zero-order valence-electron chi connectivity index (χ0n) is 10.9. The van der Waals surface area contributed by atoms with Crippen LogP contribution in [0.2, 0.25) is 5.02 Å². The van der Waals surface area contributed by atoms with E-state index in [-0.39, 0.29) is 22.2 Å². The molecule has 5 nitrogen and oxygen atoms in total. The van der Waals surface area contributed by atoms with Crippen LogP contribution < -0.4 is 5.32 Å². The molecule has 0 aromatic heterocycles. The normalized spacial score (nSPS) is 10.2. The molecule has 0 atom stereocenters. The summed E-state index contributed by atoms with van der Waals surface area (Å²) in [5.41, 5.74) is 1.69. The highest BCUT2D eigenvalue weighted by molar-refractivity contribution is 9.10. The van der Waals surface area contributed by atoms with E-state index in [2.05, 4.69) is 21.2 Å². The fourth-order valence-electron chi connectivity index (χ4n) is 1.67. The van der Waals surface area contributed by atoms with E-state index in [1.54, 1.807) is 12.1 Å². The van der Waals surface area contributed by atoms with Crippen molar-refractivity contribution in [3.8, 4) is 0 Å². The standard InChI is InChI=1S/C14H10BrClN2O3/c1-8-2-4-10(7-11(8)15)17-14(19)9-3-5-13(18(20)21)12(16)6-9/h2-7H,1H3,(H,17,19). The number of nitrogens with one attached hydrogen (secondary N) is 1. The molecule has 0 saturated carbocycles. The molecule has 2 aromatic carbocycles. The van der Waals surface area contributed by atoms with Crippen LogP contribution in [0, 0.1) is 17.0 Å². The topological polar surface area (TPSA) is 72.2 Å². The van der Waals surface area contributed by atoms with Crippen molar-refractivity contribution >= 4 is 44.8 Å². The van der Waals surface area contributed by atoms with Crippen LogP contribution in [-0.4, -0.2) is 10.8 Å². The summed E-state index contributed by atoms with van der Waals surface area (Å²) >= 11 is 9.17. The van der Waals surface area contributed by atoms with Crippen molar-refractivity contribution in [2.24, 2.45) is 0 Å². The van der Waals surface area contributed by atoms with Crippen molar-refractivity contribution in [1.29, 1.82) is 0 Å². The average Bonchev–Trinajstić information content (AvgIpc) is 2.42. The van der Waals surface area contributed by atoms with E-state index in [1.807, 2.05) is 13.0 Å². The van der Waals surface area contributed by atoms with E-state index in [4.69, 9.17) is 11.6 Å². The lowest BCUT2D eigenvalue weighted by Crippen LogP contribution is -2.12. The number of nitro benzene ring substituents is 1. The Labute approximate surface area is 134 Å². The number of anilines is 1. The molecule has 1 N–H and O–H groups in total. The second-order valence-corrected chi connectivity index (χ2v) is 5.60. The molecule has 0 aliphatic rings. The molecule has 0 fully saturated rings. The van der Waals surface area contributed by atoms with E-state index >= 15 is 0 Å². The smallest absolute Gasteiger partial charge is 0.287 e. The Morgan fingerprint density at radius 1 is 1.29 bits per heavy atom. The van der Waals surface area contributed by atoms with Crippen LogP contribution in [0.3, 0.4) is 0 Å². The predicted molar refractivity (Wildman–Crippen MR) is 84.9 cm³/mol. The van der Waals surface area contributed by atoms with Gasteiger partial charge < -0.3 is 5.32 Å². The van der Waals surface area contributed by atoms with Gasteiger partial charge in [-0.1, -0.05) is 33.6 Å². The van der Waals surface area contributed by atoms with Gasteiger partial charge in [-0.25, -0.2) is 0 Å². The molecule has 0 aliphatic heterocycles. The number of nitrogens with zero attached hydrogens (tertiary/aromatic N) is 1. The van der Waals surface area contributed by atoms with Crippen molar-refractivity contribution in [3.05, 3.63) is 67.1 Å². The molecule has 0 saturated heterocycles. The number of carbonyl (C=O) groups is 1. The van der Waals surface area contributed by atoms with Crippen LogP contribution in [0.25, 0.3) is 0 Å². The molecule has 7 heteroatoms. The molecule has 0 heterocycles. The van der Waals surface area contributed by atoms with Gasteiger partial charge in [0.25, 0.3) is 11.6 Å². The summed E-state index contributed by atoms with van der Waals surface area (Å²) in [6, 6.07) is 9.26. The van der Waals surface area contributed by atoms with Gasteiger partial charge in [0.05, 0.1) is 4.92 Å². The molecule has 0 bridgehead atoms. The van der Waals surface area contributed by atoms with Gasteiger partial charge in [0, 0.05) is 21.8 Å². The van der Waals surface area contributed by atoms with Gasteiger partial charge in [0.15, 0.2) is 0 Å². The lowest BCUT2D eigenvalue weighted by molar-refractivity contribution is -0.384. The number of hydrogen-bond donors (Lipinski definition) is 1. The fourth-order valence-corrected chi connectivity index (χ4v) is 2.30. The predicted octanol–water partition coefficient (Wildman–Crippen LogP) is 4.57. The number of halogens is 2. The molecule has 1 amide bonds. The number of hydrogen-bond acceptors (Lipinski definition) is 3. The molecule has 2 rings (SSSR count). The number of carbonyl (C=O) groups excluding carboxylic acids is 1. The average molecular weight is 370 g/mol. The van der Waals surface area contributed by atoms with Gasteiger partial charge in [0.2, 0.25) is 0 Å². The van der Waals surface area contributed by atoms with Crippen LogP contribution in [0.5, 0.6) is 0 Å². The van der Waals surface area contributed by atoms with Crippen molar-refractivity contribution in [2.75, 3.05) is 5.32 Å². The summed E-state index contributed by atoms with van der Waals surface area (Å²) in [5.74, 6) is -0.387. The van der Waals surface area contributed by atoms with Crippen molar-refractivity contribution in [1.82, 2.24) is 0 Å². The summed E-state index contributed by atoms with van der Waals surface area (Å²) in [6.45, 7) is 1.94. The molecule has 108 valence electrons. The number of rotatable bonds is 3. The lowest BCUT2D eigenvalue weighted by atomic mass is 10.1. The first kappa shape index (κ1) is 15.5. The summed E-state index contributed by atoms with van der Waals surface area (Å²) in [7, 11) is 0. The van der Waals surface area contributed by atoms with E-state index in [0.29, 0.717) is 5.69 Å². The quantitative estimate of drug-likeness (QED) is 0.636. The third-order valence-electron chi connectivity index (χ3n) is 2.84. The van der Waals surface area contributed by atoms with Crippen LogP contribution in [-0.2, 0) is 0 Å². The second-order valence-electron chi connectivity index (χ2n) is 4.34. The second kappa shape index (κ2) is 6.24. The molecular formula is C14H10BrClN2O3. The molecule has 21 heavy (non-hydrogen) atoms. The molecule has 2 aromatic rings. The maximum atomic E-state index is 12.1. The SMILES string of the molecule is Cc1ccc(NC(=O)c2ccc([N+](=O)[O-])c(Cl)c2)cc1Br. The minimum atomic E-state index is -0.596. The largest absolute Gasteiger partial charge is 0.322 e. The Hall–Kier alpha value is -1.92. The van der Waals surface area contributed by atoms with Crippen molar-refractivity contribution < 1.29 is 9.72 Å². The third-order valence-corrected chi connectivity index (χ3v) is 3.99. The number of nitro groups is 1. The minimum Gasteiger partial charge on any atom is -0.322 e. The van der Waals surface area contributed by atoms with Crippen molar-refractivity contribution in [3.63, 3.8) is 0 Å². The van der Waals surface area contributed by atoms with Gasteiger partial charge in [-0.2, -0.15) is 0 Å². The first-order chi connectivity index (χ1) is 9.88. The molecule has 0 radical (unpaired) electrons. The van der Waals surface area contributed by atoms with Gasteiger partial charge in [-0.05, 0) is 36.8 Å². The van der Waals surface area contributed by atoms with Gasteiger partial charge in [-0.3, -0.25) is 14.9 Å². The first-order valence-corrected chi connectivity index (χ1v) is 7.07. The number of amides is 1. The Morgan fingerprint density at radius 2 is 2.00 bits per heavy atom. The Morgan fingerprint density at radius 3 is 2.57 bits per heavy atom. The van der Waals surface area contributed by atoms with E-state index in [1.165, 1.54) is 18.2 Å². The zero-order valence-corrected chi connectivity index (χ0v) is 13.2. The molecule has 0 aliphatic carbocycles. The Bertz CT molecular complexity index is 734. The van der Waals surface area contributed by atoms with Crippen LogP contribution in [0.4, 0.5) is 11.4 Å². The van der Waals surface area contributed by atoms with E-state index in [0.717, 1.165) is 10.0 Å². The molecule has 0 spiro atoms. The minimum absolute atomic E-state index is 0.0715. The summed E-state index contributed by atoms with van der Waals surface area (Å²) < 4.78 is 0.877. The Kier molecular flexibility index (Phi) is 4.59. The fraction of sp³-hybridized carbons (Fsp3) is 0.0714. The maximum Gasteiger partial charge on any atom is 0.287 e. The van der Waals surface area contributed by atoms with Crippen molar-refractivity contribution in [2.45, 2.75) is 6.92 Å². The summed E-state index contributed by atoms with van der Waals surface area (Å²) in [5, 5.41) is 13.3. The maximum absolute atomic E-state index is 12.1. The van der Waals surface area contributed by atoms with Gasteiger partial charge >= 0.3 is 0 Å². The van der Waals surface area contributed by atoms with Crippen LogP contribution in [0.1, 0.15) is 15.9 Å². The summed E-state index contributed by atoms with van der Waals surface area (Å²) in [4.78, 5) is 22.2. The highest BCUT2D eigenvalue weighted by Crippen LogP contribution is 2.26. The summed E-state index contributed by atoms with van der Waals surface area (Å²) in [6.07, 6.45) is 0. The monoisotopic (exact) mass is 368 g/mol. The van der Waals surface area contributed by atoms with Gasteiger partial charge in [0.1, 0.15) is 5.02 Å². The number of benzene rings is 2. The highest BCUT2D eigenvalue weighted by atomic mass is 79.9. The number of aryl methyl sites for hydroxylation is 1. The Balaban J connectivity index is 2.22. The highest BCUT2D eigenvalue weighted by Gasteiger charge is 2.15. The van der Waals surface area contributed by atoms with Crippen LogP contribution in [0.15, 0.2) is 40.9 Å². The van der Waals surface area contributed by atoms with E-state index in [9.17, 15) is 14.9 Å². The van der Waals surface area contributed by atoms with Gasteiger partial charge in [-0.15, -0.1) is 0 Å². The van der Waals surface area contributed by atoms with E-state index < -0.39 is 4.92 Å². The zero-order chi connectivity index (χ0) is 15.6. The molecular weight excluding hydrogens is 360 g/mol. The van der Waals surface area contributed by atoms with Crippen LogP contribution >= 0.6 is 27.5 Å². The third kappa shape index (κ3) is 3.59. The lowest BCUT2D eigenvalue weighted by Gasteiger charge is -2.07. The first-order valence-electron chi connectivity index (χ1n) is 5.90. The molecule has 0 unspecified atom stereocenters.